The minimum Gasteiger partial charge on any atom is -0.482 e. The molecule has 0 radical (unpaired) electrons. The number of alkyl halides is 3. The Morgan fingerprint density at radius 3 is 2.68 bits per heavy atom. The Bertz CT molecular complexity index is 1290. The van der Waals surface area contributed by atoms with Crippen LogP contribution in [0.3, 0.4) is 0 Å². The van der Waals surface area contributed by atoms with Crippen LogP contribution in [0.25, 0.3) is 0 Å². The number of anilines is 2. The van der Waals surface area contributed by atoms with Gasteiger partial charge in [-0.05, 0) is 51.2 Å². The van der Waals surface area contributed by atoms with Gasteiger partial charge in [-0.15, -0.1) is 5.10 Å². The quantitative estimate of drug-likeness (QED) is 0.417. The molecule has 1 aromatic carbocycles. The lowest BCUT2D eigenvalue weighted by atomic mass is 10.1. The third-order valence-electron chi connectivity index (χ3n) is 5.37. The van der Waals surface area contributed by atoms with Crippen molar-refractivity contribution >= 4 is 27.5 Å². The van der Waals surface area contributed by atoms with Crippen molar-refractivity contribution in [1.82, 2.24) is 9.78 Å². The zero-order valence-electron chi connectivity index (χ0n) is 20.7. The van der Waals surface area contributed by atoms with Gasteiger partial charge in [0.25, 0.3) is 15.9 Å². The first-order valence-corrected chi connectivity index (χ1v) is 12.8. The zero-order chi connectivity index (χ0) is 28.3. The fraction of sp³-hybridized carbons (Fsp3) is 0.455. The van der Waals surface area contributed by atoms with Gasteiger partial charge in [-0.2, -0.15) is 13.2 Å². The van der Waals surface area contributed by atoms with E-state index in [1.165, 1.54) is 41.4 Å². The lowest BCUT2D eigenvalue weighted by Gasteiger charge is -2.34. The molecule has 1 aromatic heterocycles. The highest BCUT2D eigenvalue weighted by atomic mass is 32.2. The molecular formula is C22H28F3N5O7S. The molecule has 1 atom stereocenters. The van der Waals surface area contributed by atoms with Gasteiger partial charge in [0.2, 0.25) is 5.60 Å². The van der Waals surface area contributed by atoms with E-state index in [4.69, 9.17) is 20.3 Å². The second-order valence-electron chi connectivity index (χ2n) is 8.51. The van der Waals surface area contributed by atoms with Gasteiger partial charge in [0.1, 0.15) is 18.5 Å². The van der Waals surface area contributed by atoms with Gasteiger partial charge < -0.3 is 25.1 Å². The number of hydrogen-bond donors (Lipinski definition) is 3. The summed E-state index contributed by atoms with van der Waals surface area (Å²) >= 11 is 0. The van der Waals surface area contributed by atoms with E-state index in [9.17, 15) is 26.4 Å². The summed E-state index contributed by atoms with van der Waals surface area (Å²) in [6, 6.07) is 3.87. The largest absolute Gasteiger partial charge is 0.482 e. The molecule has 38 heavy (non-hydrogen) atoms. The maximum Gasteiger partial charge on any atom is 0.427 e. The molecule has 2 heterocycles. The van der Waals surface area contributed by atoms with Crippen LogP contribution in [0.4, 0.5) is 29.3 Å². The number of hydrogen-bond acceptors (Lipinski definition) is 9. The molecule has 2 aromatic rings. The van der Waals surface area contributed by atoms with Crippen LogP contribution < -0.4 is 24.8 Å². The number of halogens is 3. The van der Waals surface area contributed by atoms with E-state index in [1.54, 1.807) is 6.92 Å². The number of benzene rings is 1. The molecule has 3 rings (SSSR count). The van der Waals surface area contributed by atoms with Crippen molar-refractivity contribution in [3.8, 4) is 11.6 Å². The predicted octanol–water partition coefficient (Wildman–Crippen LogP) is 2.59. The first kappa shape index (κ1) is 28.9. The molecule has 1 unspecified atom stereocenters. The van der Waals surface area contributed by atoms with E-state index < -0.39 is 34.0 Å². The molecule has 0 bridgehead atoms. The minimum atomic E-state index is -4.82. The Hall–Kier alpha value is -3.66. The number of rotatable bonds is 9. The molecule has 4 N–H and O–H groups in total. The topological polar surface area (TPSA) is 158 Å². The summed E-state index contributed by atoms with van der Waals surface area (Å²) in [6.07, 6.45) is -3.10. The van der Waals surface area contributed by atoms with E-state index in [0.717, 1.165) is 4.31 Å². The van der Waals surface area contributed by atoms with Crippen molar-refractivity contribution in [3.05, 3.63) is 36.7 Å². The van der Waals surface area contributed by atoms with Gasteiger partial charge >= 0.3 is 12.3 Å². The summed E-state index contributed by atoms with van der Waals surface area (Å²) in [5, 5.41) is 15.4. The average molecular weight is 564 g/mol. The maximum absolute atomic E-state index is 13.8. The van der Waals surface area contributed by atoms with Gasteiger partial charge in [-0.1, -0.05) is 0 Å². The maximum atomic E-state index is 13.8. The normalized spacial score (nSPS) is 16.2. The average Bonchev–Trinajstić information content (AvgIpc) is 3.25. The second kappa shape index (κ2) is 11.0. The Morgan fingerprint density at radius 1 is 1.37 bits per heavy atom. The van der Waals surface area contributed by atoms with Crippen molar-refractivity contribution < 1.29 is 45.7 Å². The molecule has 0 aliphatic carbocycles. The van der Waals surface area contributed by atoms with Crippen molar-refractivity contribution in [3.63, 3.8) is 0 Å². The Morgan fingerprint density at radius 2 is 2.08 bits per heavy atom. The Labute approximate surface area is 216 Å². The molecule has 0 saturated carbocycles. The first-order valence-electron chi connectivity index (χ1n) is 11.3. The van der Waals surface area contributed by atoms with Crippen LogP contribution >= 0.6 is 0 Å². The molecule has 0 spiro atoms. The molecule has 16 heteroatoms. The number of aryl methyl sites for hydroxylation is 1. The van der Waals surface area contributed by atoms with Gasteiger partial charge in [-0.3, -0.25) is 14.3 Å². The van der Waals surface area contributed by atoms with Crippen molar-refractivity contribution in [2.45, 2.75) is 50.1 Å². The minimum absolute atomic E-state index is 0.0168. The van der Waals surface area contributed by atoms with E-state index in [2.05, 4.69) is 15.2 Å². The number of ether oxygens (including phenoxy) is 3. The molecule has 210 valence electrons. The Balaban J connectivity index is 2.01. The number of nitrogens with two attached hydrogens (primary N) is 1. The standard InChI is InChI=1S/C22H28F3N5O7S/c1-4-29-13-18(19(28-29)35-10-9-31)38(33,34)30-12-15(7-8-26)36-17-6-5-14(11-16(17)30)27-20(32)37-21(2,3)22(23,24)25/h5-8,11,13,15,31H,4,9-10,12,26H2,1-3H3,(H,27,32)/b8-7+. The summed E-state index contributed by atoms with van der Waals surface area (Å²) in [7, 11) is -4.37. The molecular weight excluding hydrogens is 535 g/mol. The number of aromatic nitrogens is 2. The van der Waals surface area contributed by atoms with Crippen LogP contribution in [0.5, 0.6) is 11.6 Å². The summed E-state index contributed by atoms with van der Waals surface area (Å²) in [5.41, 5.74) is 2.64. The van der Waals surface area contributed by atoms with Crippen LogP contribution in [-0.2, 0) is 21.3 Å². The van der Waals surface area contributed by atoms with Crippen LogP contribution in [0.15, 0.2) is 41.6 Å². The monoisotopic (exact) mass is 563 g/mol. The SMILES string of the molecule is CCn1cc(S(=O)(=O)N2CC(/C=C/N)Oc3ccc(NC(=O)OC(C)(C)C(F)(F)F)cc32)c(OCCO)n1. The molecule has 0 fully saturated rings. The smallest absolute Gasteiger partial charge is 0.427 e. The highest BCUT2D eigenvalue weighted by Crippen LogP contribution is 2.41. The van der Waals surface area contributed by atoms with Gasteiger partial charge in [-0.25, -0.2) is 13.2 Å². The van der Waals surface area contributed by atoms with Crippen LogP contribution in [0.1, 0.15) is 20.8 Å². The number of carbonyl (C=O) groups is 1. The predicted molar refractivity (Wildman–Crippen MR) is 129 cm³/mol. The molecule has 1 aliphatic heterocycles. The highest BCUT2D eigenvalue weighted by Gasteiger charge is 2.51. The zero-order valence-corrected chi connectivity index (χ0v) is 21.5. The lowest BCUT2D eigenvalue weighted by Crippen LogP contribution is -2.44. The summed E-state index contributed by atoms with van der Waals surface area (Å²) < 4.78 is 84.9. The number of nitrogens with zero attached hydrogens (tertiary/aromatic N) is 3. The number of aliphatic hydroxyl groups excluding tert-OH is 1. The van der Waals surface area contributed by atoms with Crippen LogP contribution in [-0.4, -0.2) is 67.0 Å². The van der Waals surface area contributed by atoms with Gasteiger partial charge in [0.15, 0.2) is 4.90 Å². The number of fused-ring (bicyclic) bond motifs is 1. The number of amides is 1. The fourth-order valence-electron chi connectivity index (χ4n) is 3.32. The number of sulfonamides is 1. The number of nitrogens with one attached hydrogen (secondary N) is 1. The van der Waals surface area contributed by atoms with Crippen molar-refractivity contribution in [1.29, 1.82) is 0 Å². The lowest BCUT2D eigenvalue weighted by molar-refractivity contribution is -0.242. The number of aliphatic hydroxyl groups is 1. The van der Waals surface area contributed by atoms with Crippen LogP contribution in [0.2, 0.25) is 0 Å². The Kier molecular flexibility index (Phi) is 8.36. The highest BCUT2D eigenvalue weighted by molar-refractivity contribution is 7.93. The van der Waals surface area contributed by atoms with Crippen molar-refractivity contribution in [2.24, 2.45) is 5.73 Å². The third kappa shape index (κ3) is 6.07. The van der Waals surface area contributed by atoms with E-state index in [0.29, 0.717) is 20.4 Å². The molecule has 12 nitrogen and oxygen atoms in total. The van der Waals surface area contributed by atoms with E-state index in [-0.39, 0.29) is 47.7 Å². The van der Waals surface area contributed by atoms with Crippen molar-refractivity contribution in [2.75, 3.05) is 29.4 Å². The molecule has 1 amide bonds. The second-order valence-corrected chi connectivity index (χ2v) is 10.3. The summed E-state index contributed by atoms with van der Waals surface area (Å²) in [6.45, 7) is 2.63. The summed E-state index contributed by atoms with van der Waals surface area (Å²) in [4.78, 5) is 11.9. The fourth-order valence-corrected chi connectivity index (χ4v) is 4.88. The first-order chi connectivity index (χ1) is 17.7. The van der Waals surface area contributed by atoms with E-state index >= 15 is 0 Å². The summed E-state index contributed by atoms with van der Waals surface area (Å²) in [5.74, 6) is -0.134. The van der Waals surface area contributed by atoms with Gasteiger partial charge in [0.05, 0.1) is 18.8 Å². The van der Waals surface area contributed by atoms with Gasteiger partial charge in [0, 0.05) is 18.4 Å². The molecule has 0 saturated heterocycles. The molecule has 1 aliphatic rings. The third-order valence-corrected chi connectivity index (χ3v) is 7.13. The number of carbonyl (C=O) groups excluding carboxylic acids is 1. The van der Waals surface area contributed by atoms with E-state index in [1.807, 2.05) is 0 Å². The van der Waals surface area contributed by atoms with Crippen LogP contribution in [0, 0.1) is 0 Å².